The number of aryl methyl sites for hydroxylation is 1. The zero-order valence-electron chi connectivity index (χ0n) is 15.7. The lowest BCUT2D eigenvalue weighted by Crippen LogP contribution is -2.25. The van der Waals surface area contributed by atoms with Crippen molar-refractivity contribution in [3.05, 3.63) is 65.5 Å². The lowest BCUT2D eigenvalue weighted by atomic mass is 10.1. The van der Waals surface area contributed by atoms with Crippen molar-refractivity contribution in [2.45, 2.75) is 13.2 Å². The number of pyridine rings is 1. The Morgan fingerprint density at radius 3 is 3.00 bits per heavy atom. The molecule has 1 aliphatic heterocycles. The maximum Gasteiger partial charge on any atom is 0.413 e. The molecule has 7 heteroatoms. The first-order valence-corrected chi connectivity index (χ1v) is 8.90. The summed E-state index contributed by atoms with van der Waals surface area (Å²) in [7, 11) is 3.78. The normalized spacial score (nSPS) is 13.3. The van der Waals surface area contributed by atoms with Gasteiger partial charge in [0.05, 0.1) is 6.54 Å². The Labute approximate surface area is 162 Å². The van der Waals surface area contributed by atoms with Gasteiger partial charge in [-0.3, -0.25) is 10.1 Å². The molecule has 0 atom stereocenters. The fraction of sp³-hybridized carbons (Fsp3) is 0.190. The number of hydrogen-bond acceptors (Lipinski definition) is 4. The van der Waals surface area contributed by atoms with Crippen LogP contribution in [0.25, 0.3) is 17.0 Å². The Balaban J connectivity index is 1.45. The lowest BCUT2D eigenvalue weighted by molar-refractivity contribution is -0.125. The summed E-state index contributed by atoms with van der Waals surface area (Å²) in [5.41, 5.74) is 3.75. The fourth-order valence-corrected chi connectivity index (χ4v) is 3.23. The average molecular weight is 376 g/mol. The predicted molar refractivity (Wildman–Crippen MR) is 106 cm³/mol. The number of anilines is 1. The van der Waals surface area contributed by atoms with Gasteiger partial charge in [-0.25, -0.2) is 9.78 Å². The number of ether oxygens (including phenoxy) is 1. The molecule has 0 spiro atoms. The summed E-state index contributed by atoms with van der Waals surface area (Å²) in [4.78, 5) is 29.6. The van der Waals surface area contributed by atoms with Gasteiger partial charge in [0, 0.05) is 43.1 Å². The van der Waals surface area contributed by atoms with Crippen LogP contribution in [0.3, 0.4) is 0 Å². The van der Waals surface area contributed by atoms with E-state index in [2.05, 4.69) is 33.1 Å². The lowest BCUT2D eigenvalue weighted by Gasteiger charge is -2.17. The molecule has 0 aliphatic carbocycles. The smallest absolute Gasteiger partial charge is 0.413 e. The van der Waals surface area contributed by atoms with Crippen LogP contribution < -0.4 is 5.32 Å². The van der Waals surface area contributed by atoms with Gasteiger partial charge in [0.25, 0.3) is 0 Å². The number of aromatic nitrogens is 2. The number of para-hydroxylation sites is 1. The van der Waals surface area contributed by atoms with Gasteiger partial charge in [0.2, 0.25) is 5.91 Å². The van der Waals surface area contributed by atoms with E-state index >= 15 is 0 Å². The highest BCUT2D eigenvalue weighted by atomic mass is 16.5. The summed E-state index contributed by atoms with van der Waals surface area (Å²) in [6, 6.07) is 12.1. The number of amides is 2. The van der Waals surface area contributed by atoms with Gasteiger partial charge in [-0.15, -0.1) is 0 Å². The maximum atomic E-state index is 12.5. The third-order valence-corrected chi connectivity index (χ3v) is 4.81. The van der Waals surface area contributed by atoms with Crippen LogP contribution in [-0.4, -0.2) is 33.5 Å². The van der Waals surface area contributed by atoms with Crippen LogP contribution in [0.4, 0.5) is 10.6 Å². The summed E-state index contributed by atoms with van der Waals surface area (Å²) in [5, 5.41) is 3.70. The molecule has 2 amide bonds. The highest BCUT2D eigenvalue weighted by Crippen LogP contribution is 2.21. The van der Waals surface area contributed by atoms with Crippen LogP contribution in [0.2, 0.25) is 0 Å². The van der Waals surface area contributed by atoms with Gasteiger partial charge in [-0.05, 0) is 35.2 Å². The molecule has 142 valence electrons. The molecule has 0 unspecified atom stereocenters. The summed E-state index contributed by atoms with van der Waals surface area (Å²) in [5.74, 6) is 0.389. The van der Waals surface area contributed by atoms with Crippen LogP contribution in [0, 0.1) is 0 Å². The van der Waals surface area contributed by atoms with E-state index in [0.717, 1.165) is 27.7 Å². The Morgan fingerprint density at radius 2 is 2.18 bits per heavy atom. The second kappa shape index (κ2) is 7.19. The van der Waals surface area contributed by atoms with E-state index in [1.54, 1.807) is 24.2 Å². The van der Waals surface area contributed by atoms with Gasteiger partial charge in [-0.2, -0.15) is 0 Å². The van der Waals surface area contributed by atoms with E-state index in [-0.39, 0.29) is 12.5 Å². The molecule has 1 aromatic carbocycles. The van der Waals surface area contributed by atoms with Crippen molar-refractivity contribution >= 4 is 34.8 Å². The third-order valence-electron chi connectivity index (χ3n) is 4.81. The number of fused-ring (bicyclic) bond motifs is 2. The summed E-state index contributed by atoms with van der Waals surface area (Å²) in [6.45, 7) is 0.682. The summed E-state index contributed by atoms with van der Waals surface area (Å²) in [6.07, 6.45) is 4.34. The Bertz CT molecular complexity index is 1100. The molecule has 0 saturated carbocycles. The van der Waals surface area contributed by atoms with Crippen molar-refractivity contribution in [1.29, 1.82) is 0 Å². The van der Waals surface area contributed by atoms with E-state index in [1.807, 2.05) is 25.2 Å². The minimum atomic E-state index is -0.506. The van der Waals surface area contributed by atoms with Crippen molar-refractivity contribution in [1.82, 2.24) is 14.5 Å². The molecule has 0 radical (unpaired) electrons. The van der Waals surface area contributed by atoms with Gasteiger partial charge >= 0.3 is 6.09 Å². The standard InChI is InChI=1S/C21H20N4O3/c1-24(12-17-10-15-5-3-4-6-18(15)25(17)2)19(26)8-7-14-9-16-13-28-21(27)23-20(16)22-11-14/h3-11H,12-13H2,1-2H3,(H,22,23,27)/b8-7+. The summed E-state index contributed by atoms with van der Waals surface area (Å²) < 4.78 is 7.04. The first kappa shape index (κ1) is 17.8. The summed E-state index contributed by atoms with van der Waals surface area (Å²) >= 11 is 0. The second-order valence-electron chi connectivity index (χ2n) is 6.76. The molecule has 1 aliphatic rings. The number of carbonyl (C=O) groups excluding carboxylic acids is 2. The van der Waals surface area contributed by atoms with E-state index in [1.165, 1.54) is 6.08 Å². The largest absolute Gasteiger partial charge is 0.444 e. The molecule has 0 bridgehead atoms. The van der Waals surface area contributed by atoms with Crippen molar-refractivity contribution in [3.8, 4) is 0 Å². The Kier molecular flexibility index (Phi) is 4.57. The molecule has 4 rings (SSSR count). The van der Waals surface area contributed by atoms with E-state index < -0.39 is 6.09 Å². The molecule has 2 aromatic heterocycles. The molecule has 28 heavy (non-hydrogen) atoms. The monoisotopic (exact) mass is 376 g/mol. The molecular formula is C21H20N4O3. The predicted octanol–water partition coefficient (Wildman–Crippen LogP) is 3.31. The number of hydrogen-bond donors (Lipinski definition) is 1. The topological polar surface area (TPSA) is 76.5 Å². The van der Waals surface area contributed by atoms with E-state index in [9.17, 15) is 9.59 Å². The van der Waals surface area contributed by atoms with Crippen LogP contribution in [0.1, 0.15) is 16.8 Å². The molecule has 0 fully saturated rings. The molecule has 0 saturated heterocycles. The van der Waals surface area contributed by atoms with E-state index in [0.29, 0.717) is 12.4 Å². The molecule has 3 heterocycles. The van der Waals surface area contributed by atoms with Crippen LogP contribution >= 0.6 is 0 Å². The Morgan fingerprint density at radius 1 is 1.36 bits per heavy atom. The number of carbonyl (C=O) groups is 2. The van der Waals surface area contributed by atoms with Gasteiger partial charge < -0.3 is 14.2 Å². The highest BCUT2D eigenvalue weighted by Gasteiger charge is 2.17. The number of benzene rings is 1. The SMILES string of the molecule is CN(Cc1cc2ccccc2n1C)C(=O)/C=C/c1cnc2c(c1)COC(=O)N2. The van der Waals surface area contributed by atoms with Crippen molar-refractivity contribution in [2.75, 3.05) is 12.4 Å². The number of cyclic esters (lactones) is 1. The van der Waals surface area contributed by atoms with Gasteiger partial charge in [0.1, 0.15) is 12.4 Å². The third kappa shape index (κ3) is 3.46. The molecular weight excluding hydrogens is 356 g/mol. The number of nitrogens with one attached hydrogen (secondary N) is 1. The minimum absolute atomic E-state index is 0.104. The van der Waals surface area contributed by atoms with Crippen molar-refractivity contribution in [2.24, 2.45) is 7.05 Å². The van der Waals surface area contributed by atoms with Crippen LogP contribution in [0.5, 0.6) is 0 Å². The van der Waals surface area contributed by atoms with Crippen LogP contribution in [0.15, 0.2) is 48.7 Å². The number of rotatable bonds is 4. The molecule has 3 aromatic rings. The maximum absolute atomic E-state index is 12.5. The average Bonchev–Trinajstić information content (AvgIpc) is 3.01. The molecule has 1 N–H and O–H groups in total. The van der Waals surface area contributed by atoms with E-state index in [4.69, 9.17) is 4.74 Å². The number of likely N-dealkylation sites (N-methyl/N-ethyl adjacent to an activating group) is 1. The Hall–Kier alpha value is -3.61. The van der Waals surface area contributed by atoms with Crippen LogP contribution in [-0.2, 0) is 29.7 Å². The molecule has 7 nitrogen and oxygen atoms in total. The first-order chi connectivity index (χ1) is 13.5. The first-order valence-electron chi connectivity index (χ1n) is 8.90. The van der Waals surface area contributed by atoms with Gasteiger partial charge in [-0.1, -0.05) is 18.2 Å². The highest BCUT2D eigenvalue weighted by molar-refractivity contribution is 5.92. The zero-order valence-corrected chi connectivity index (χ0v) is 15.7. The quantitative estimate of drug-likeness (QED) is 0.709. The minimum Gasteiger partial charge on any atom is -0.444 e. The zero-order chi connectivity index (χ0) is 19.7. The van der Waals surface area contributed by atoms with Crippen molar-refractivity contribution in [3.63, 3.8) is 0 Å². The van der Waals surface area contributed by atoms with Crippen molar-refractivity contribution < 1.29 is 14.3 Å². The van der Waals surface area contributed by atoms with Gasteiger partial charge in [0.15, 0.2) is 0 Å². The second-order valence-corrected chi connectivity index (χ2v) is 6.76. The fourth-order valence-electron chi connectivity index (χ4n) is 3.23. The number of nitrogens with zero attached hydrogens (tertiary/aromatic N) is 3.